The van der Waals surface area contributed by atoms with Gasteiger partial charge in [-0.05, 0) is 39.0 Å². The smallest absolute Gasteiger partial charge is 0.254 e. The van der Waals surface area contributed by atoms with Gasteiger partial charge in [0.25, 0.3) is 5.91 Å². The van der Waals surface area contributed by atoms with Crippen LogP contribution in [-0.2, 0) is 10.0 Å². The summed E-state index contributed by atoms with van der Waals surface area (Å²) >= 11 is 0. The Labute approximate surface area is 138 Å². The maximum Gasteiger partial charge on any atom is 0.254 e. The van der Waals surface area contributed by atoms with Gasteiger partial charge in [-0.1, -0.05) is 6.07 Å². The molecule has 7 heteroatoms. The molecule has 1 fully saturated rings. The fraction of sp³-hybridized carbons (Fsp3) is 0.562. The van der Waals surface area contributed by atoms with E-state index in [4.69, 9.17) is 0 Å². The van der Waals surface area contributed by atoms with Gasteiger partial charge in [0.15, 0.2) is 0 Å². The molecule has 0 unspecified atom stereocenters. The molecular weight excluding hydrogens is 314 g/mol. The summed E-state index contributed by atoms with van der Waals surface area (Å²) in [7, 11) is -2.04. The van der Waals surface area contributed by atoms with E-state index in [0.29, 0.717) is 12.1 Å². The van der Waals surface area contributed by atoms with Gasteiger partial charge in [-0.25, -0.2) is 8.42 Å². The highest BCUT2D eigenvalue weighted by molar-refractivity contribution is 7.89. The molecule has 0 bridgehead atoms. The lowest BCUT2D eigenvalue weighted by molar-refractivity contribution is 0.0655. The van der Waals surface area contributed by atoms with E-state index in [1.165, 1.54) is 16.4 Å². The van der Waals surface area contributed by atoms with Crippen LogP contribution in [-0.4, -0.2) is 62.3 Å². The van der Waals surface area contributed by atoms with Crippen LogP contribution in [0.2, 0.25) is 0 Å². The third-order valence-electron chi connectivity index (χ3n) is 4.25. The SMILES string of the molecule is CC(C)N(C)S(=O)(=O)c1cccc(C(=O)N2CCNC[C@H]2C)c1. The Balaban J connectivity index is 2.31. The van der Waals surface area contributed by atoms with Crippen LogP contribution in [0.25, 0.3) is 0 Å². The summed E-state index contributed by atoms with van der Waals surface area (Å²) < 4.78 is 26.5. The van der Waals surface area contributed by atoms with E-state index in [0.717, 1.165) is 13.1 Å². The first-order valence-electron chi connectivity index (χ1n) is 7.85. The van der Waals surface area contributed by atoms with Crippen molar-refractivity contribution in [3.05, 3.63) is 29.8 Å². The second-order valence-electron chi connectivity index (χ2n) is 6.19. The molecule has 1 heterocycles. The zero-order chi connectivity index (χ0) is 17.2. The van der Waals surface area contributed by atoms with E-state index in [2.05, 4.69) is 5.32 Å². The fourth-order valence-electron chi connectivity index (χ4n) is 2.54. The molecule has 1 atom stereocenters. The second kappa shape index (κ2) is 6.98. The highest BCUT2D eigenvalue weighted by atomic mass is 32.2. The molecule has 0 aromatic heterocycles. The topological polar surface area (TPSA) is 69.7 Å². The van der Waals surface area contributed by atoms with Crippen LogP contribution in [0.4, 0.5) is 0 Å². The van der Waals surface area contributed by atoms with Crippen LogP contribution < -0.4 is 5.32 Å². The minimum atomic E-state index is -3.59. The van der Waals surface area contributed by atoms with Crippen molar-refractivity contribution in [1.29, 1.82) is 0 Å². The van der Waals surface area contributed by atoms with Crippen molar-refractivity contribution in [1.82, 2.24) is 14.5 Å². The van der Waals surface area contributed by atoms with Gasteiger partial charge >= 0.3 is 0 Å². The Hall–Kier alpha value is -1.44. The predicted molar refractivity (Wildman–Crippen MR) is 89.9 cm³/mol. The Kier molecular flexibility index (Phi) is 5.44. The van der Waals surface area contributed by atoms with Gasteiger partial charge in [0.05, 0.1) is 4.90 Å². The molecule has 1 aromatic rings. The van der Waals surface area contributed by atoms with Gasteiger partial charge in [0.2, 0.25) is 10.0 Å². The molecule has 0 radical (unpaired) electrons. The van der Waals surface area contributed by atoms with Crippen LogP contribution in [0.1, 0.15) is 31.1 Å². The highest BCUT2D eigenvalue weighted by Crippen LogP contribution is 2.19. The van der Waals surface area contributed by atoms with Crippen LogP contribution in [0, 0.1) is 0 Å². The van der Waals surface area contributed by atoms with Crippen molar-refractivity contribution in [2.24, 2.45) is 0 Å². The number of benzene rings is 1. The average Bonchev–Trinajstić information content (AvgIpc) is 2.54. The lowest BCUT2D eigenvalue weighted by atomic mass is 10.1. The summed E-state index contributed by atoms with van der Waals surface area (Å²) in [6, 6.07) is 6.26. The lowest BCUT2D eigenvalue weighted by Gasteiger charge is -2.34. The number of rotatable bonds is 4. The van der Waals surface area contributed by atoms with Gasteiger partial charge in [0, 0.05) is 44.3 Å². The highest BCUT2D eigenvalue weighted by Gasteiger charge is 2.27. The second-order valence-corrected chi connectivity index (χ2v) is 8.19. The molecule has 1 aromatic carbocycles. The third-order valence-corrected chi connectivity index (χ3v) is 6.28. The lowest BCUT2D eigenvalue weighted by Crippen LogP contribution is -2.52. The number of hydrogen-bond acceptors (Lipinski definition) is 4. The van der Waals surface area contributed by atoms with E-state index in [9.17, 15) is 13.2 Å². The molecule has 2 rings (SSSR count). The van der Waals surface area contributed by atoms with Gasteiger partial charge in [-0.3, -0.25) is 4.79 Å². The molecule has 1 amide bonds. The number of carbonyl (C=O) groups is 1. The Morgan fingerprint density at radius 2 is 2.09 bits per heavy atom. The summed E-state index contributed by atoms with van der Waals surface area (Å²) in [5.41, 5.74) is 0.414. The molecule has 0 aliphatic carbocycles. The molecular formula is C16H25N3O3S. The van der Waals surface area contributed by atoms with Crippen molar-refractivity contribution >= 4 is 15.9 Å². The molecule has 1 aliphatic rings. The number of amides is 1. The van der Waals surface area contributed by atoms with Crippen LogP contribution in [0.15, 0.2) is 29.2 Å². The van der Waals surface area contributed by atoms with E-state index in [-0.39, 0.29) is 22.9 Å². The number of piperazine rings is 1. The van der Waals surface area contributed by atoms with Gasteiger partial charge in [-0.15, -0.1) is 0 Å². The van der Waals surface area contributed by atoms with Crippen molar-refractivity contribution < 1.29 is 13.2 Å². The molecule has 1 N–H and O–H groups in total. The average molecular weight is 339 g/mol. The molecule has 0 saturated carbocycles. The Morgan fingerprint density at radius 3 is 2.70 bits per heavy atom. The van der Waals surface area contributed by atoms with Crippen molar-refractivity contribution in [3.8, 4) is 0 Å². The molecule has 1 saturated heterocycles. The van der Waals surface area contributed by atoms with Crippen molar-refractivity contribution in [3.63, 3.8) is 0 Å². The van der Waals surface area contributed by atoms with Crippen molar-refractivity contribution in [2.75, 3.05) is 26.7 Å². The van der Waals surface area contributed by atoms with Crippen LogP contribution >= 0.6 is 0 Å². The summed E-state index contributed by atoms with van der Waals surface area (Å²) in [6.45, 7) is 7.74. The number of hydrogen-bond donors (Lipinski definition) is 1. The third kappa shape index (κ3) is 3.73. The molecule has 128 valence electrons. The minimum Gasteiger partial charge on any atom is -0.333 e. The first kappa shape index (κ1) is 17.9. The van der Waals surface area contributed by atoms with E-state index in [1.807, 2.05) is 20.8 Å². The van der Waals surface area contributed by atoms with E-state index >= 15 is 0 Å². The van der Waals surface area contributed by atoms with Gasteiger partial charge in [0.1, 0.15) is 0 Å². The maximum atomic E-state index is 12.7. The molecule has 6 nitrogen and oxygen atoms in total. The van der Waals surface area contributed by atoms with Crippen molar-refractivity contribution in [2.45, 2.75) is 37.8 Å². The summed E-state index contributed by atoms with van der Waals surface area (Å²) in [5, 5.41) is 3.24. The quantitative estimate of drug-likeness (QED) is 0.893. The summed E-state index contributed by atoms with van der Waals surface area (Å²) in [6.07, 6.45) is 0. The van der Waals surface area contributed by atoms with E-state index in [1.54, 1.807) is 24.1 Å². The van der Waals surface area contributed by atoms with Crippen LogP contribution in [0.5, 0.6) is 0 Å². The zero-order valence-corrected chi connectivity index (χ0v) is 14.9. The number of nitrogens with one attached hydrogen (secondary N) is 1. The Bertz CT molecular complexity index is 673. The maximum absolute atomic E-state index is 12.7. The first-order valence-corrected chi connectivity index (χ1v) is 9.29. The normalized spacial score (nSPS) is 19.4. The predicted octanol–water partition coefficient (Wildman–Crippen LogP) is 1.15. The molecule has 0 spiro atoms. The molecule has 1 aliphatic heterocycles. The first-order chi connectivity index (χ1) is 10.7. The largest absolute Gasteiger partial charge is 0.333 e. The standard InChI is InChI=1S/C16H25N3O3S/c1-12(2)18(4)23(21,22)15-7-5-6-14(10-15)16(20)19-9-8-17-11-13(19)3/h5-7,10,12-13,17H,8-9,11H2,1-4H3/t13-/m1/s1. The van der Waals surface area contributed by atoms with Crippen LogP contribution in [0.3, 0.4) is 0 Å². The number of nitrogens with zero attached hydrogens (tertiary/aromatic N) is 2. The monoisotopic (exact) mass is 339 g/mol. The zero-order valence-electron chi connectivity index (χ0n) is 14.1. The Morgan fingerprint density at radius 1 is 1.39 bits per heavy atom. The minimum absolute atomic E-state index is 0.0925. The number of sulfonamides is 1. The van der Waals surface area contributed by atoms with Gasteiger partial charge in [-0.2, -0.15) is 4.31 Å². The van der Waals surface area contributed by atoms with Gasteiger partial charge < -0.3 is 10.2 Å². The summed E-state index contributed by atoms with van der Waals surface area (Å²) in [4.78, 5) is 14.6. The molecule has 23 heavy (non-hydrogen) atoms. The summed E-state index contributed by atoms with van der Waals surface area (Å²) in [5.74, 6) is -0.122. The number of carbonyl (C=O) groups excluding carboxylic acids is 1. The fourth-order valence-corrected chi connectivity index (χ4v) is 3.96. The van der Waals surface area contributed by atoms with E-state index < -0.39 is 10.0 Å².